The number of amides is 4. The van der Waals surface area contributed by atoms with Crippen LogP contribution in [0.2, 0.25) is 0 Å². The quantitative estimate of drug-likeness (QED) is 0.0180. The number of nitrogens with one attached hydrogen (secondary N) is 6. The van der Waals surface area contributed by atoms with Crippen LogP contribution in [0.25, 0.3) is 0 Å². The molecule has 0 aliphatic carbocycles. The Morgan fingerprint density at radius 3 is 1.51 bits per heavy atom. The van der Waals surface area contributed by atoms with Crippen LogP contribution in [0, 0.1) is 5.41 Å². The Bertz CT molecular complexity index is 1340. The van der Waals surface area contributed by atoms with E-state index in [9.17, 15) is 58.5 Å². The van der Waals surface area contributed by atoms with Gasteiger partial charge in [-0.05, 0) is 26.7 Å². The molecule has 288 valence electrons. The van der Waals surface area contributed by atoms with Crippen molar-refractivity contribution in [2.24, 2.45) is 17.2 Å². The lowest BCUT2D eigenvalue weighted by atomic mass is 10.1. The number of carbonyl (C=O) groups is 9. The first-order valence-corrected chi connectivity index (χ1v) is 17.0. The maximum Gasteiger partial charge on any atom is 0.327 e. The molecule has 0 fully saturated rings. The number of nitrogens with two attached hydrogens (primary N) is 3. The zero-order valence-corrected chi connectivity index (χ0v) is 29.0. The molecular weight excluding hydrogens is 726 g/mol. The van der Waals surface area contributed by atoms with Crippen molar-refractivity contribution in [1.82, 2.24) is 26.6 Å². The van der Waals surface area contributed by atoms with Crippen LogP contribution < -0.4 is 43.8 Å². The highest BCUT2D eigenvalue weighted by molar-refractivity contribution is 8.77. The van der Waals surface area contributed by atoms with Crippen LogP contribution in [0.4, 0.5) is 0 Å². The second-order valence-corrected chi connectivity index (χ2v) is 14.2. The summed E-state index contributed by atoms with van der Waals surface area (Å²) in [5.41, 5.74) is 16.4. The maximum atomic E-state index is 13.2. The third-order valence-electron chi connectivity index (χ3n) is 6.51. The first kappa shape index (κ1) is 46.1. The largest absolute Gasteiger partial charge is 0.481 e. The molecule has 0 spiro atoms. The van der Waals surface area contributed by atoms with E-state index < -0.39 is 120 Å². The van der Waals surface area contributed by atoms with Gasteiger partial charge in [0.2, 0.25) is 23.6 Å². The van der Waals surface area contributed by atoms with Crippen LogP contribution in [-0.2, 0) is 43.2 Å². The van der Waals surface area contributed by atoms with E-state index in [1.165, 1.54) is 13.8 Å². The minimum atomic E-state index is -2.00. The maximum absolute atomic E-state index is 13.2. The van der Waals surface area contributed by atoms with Crippen molar-refractivity contribution < 1.29 is 68.7 Å². The van der Waals surface area contributed by atoms with Crippen molar-refractivity contribution in [3.05, 3.63) is 0 Å². The number of carboxylic acids is 5. The highest BCUT2D eigenvalue weighted by Gasteiger charge is 2.36. The highest BCUT2D eigenvalue weighted by Crippen LogP contribution is 2.37. The SMILES string of the molecule is CC(C)(SSCC(NC(=O)C(CC(=O)O)NC(=O)C(CC(=O)O)NC(=O)C(CCCNC(=N)N)NC(=O)C(N)CC(=O)O)C(=O)O)C(N)C(=O)O. The topological polar surface area (TPSA) is 417 Å². The van der Waals surface area contributed by atoms with E-state index in [1.54, 1.807) is 0 Å². The summed E-state index contributed by atoms with van der Waals surface area (Å²) < 4.78 is -1.09. The summed E-state index contributed by atoms with van der Waals surface area (Å²) in [7, 11) is 1.74. The number of hydrogen-bond donors (Lipinski definition) is 14. The molecule has 0 saturated heterocycles. The molecule has 23 nitrogen and oxygen atoms in total. The van der Waals surface area contributed by atoms with Gasteiger partial charge >= 0.3 is 29.8 Å². The van der Waals surface area contributed by atoms with Gasteiger partial charge in [0, 0.05) is 17.0 Å². The number of aliphatic carboxylic acids is 5. The van der Waals surface area contributed by atoms with Gasteiger partial charge in [-0.15, -0.1) is 0 Å². The average molecular weight is 770 g/mol. The Morgan fingerprint density at radius 1 is 0.667 bits per heavy atom. The van der Waals surface area contributed by atoms with Crippen molar-refractivity contribution >= 4 is 81.0 Å². The monoisotopic (exact) mass is 769 g/mol. The van der Waals surface area contributed by atoms with Crippen molar-refractivity contribution in [2.75, 3.05) is 12.3 Å². The van der Waals surface area contributed by atoms with Crippen LogP contribution in [0.1, 0.15) is 46.0 Å². The molecule has 0 heterocycles. The Labute approximate surface area is 297 Å². The molecule has 0 aromatic rings. The normalized spacial score (nSPS) is 14.6. The lowest BCUT2D eigenvalue weighted by Gasteiger charge is -2.28. The summed E-state index contributed by atoms with van der Waals surface area (Å²) in [6.07, 6.45) is -3.24. The third kappa shape index (κ3) is 18.6. The smallest absolute Gasteiger partial charge is 0.327 e. The van der Waals surface area contributed by atoms with Gasteiger partial charge in [0.05, 0.1) is 25.3 Å². The predicted octanol–water partition coefficient (Wildman–Crippen LogP) is -4.40. The first-order chi connectivity index (χ1) is 23.5. The fourth-order valence-corrected chi connectivity index (χ4v) is 6.49. The van der Waals surface area contributed by atoms with E-state index >= 15 is 0 Å². The van der Waals surface area contributed by atoms with Crippen LogP contribution in [-0.4, -0.2) is 138 Å². The molecule has 0 bridgehead atoms. The lowest BCUT2D eigenvalue weighted by molar-refractivity contribution is -0.144. The number of rotatable bonds is 25. The van der Waals surface area contributed by atoms with E-state index in [1.807, 2.05) is 5.32 Å². The Balaban J connectivity index is 6.01. The van der Waals surface area contributed by atoms with Gasteiger partial charge in [-0.25, -0.2) is 4.79 Å². The van der Waals surface area contributed by atoms with Crippen LogP contribution in [0.3, 0.4) is 0 Å². The standard InChI is InChI=1S/C26H43N9O14S2/c1-26(2,18(28)24(48)49)51-50-9-14(23(46)47)35-22(45)13(8-17(40)41)34-21(44)12(7-16(38)39)33-20(43)11(4-3-5-31-25(29)30)32-19(42)10(27)6-15(36)37/h10-14,18H,3-9,27-28H2,1-2H3,(H,32,42)(H,33,43)(H,34,44)(H,35,45)(H,36,37)(H,38,39)(H,40,41)(H,46,47)(H,48,49)(H4,29,30,31). The molecule has 0 radical (unpaired) electrons. The van der Waals surface area contributed by atoms with Crippen LogP contribution in [0.15, 0.2) is 0 Å². The molecule has 0 saturated carbocycles. The highest BCUT2D eigenvalue weighted by atomic mass is 33.1. The van der Waals surface area contributed by atoms with Crippen LogP contribution in [0.5, 0.6) is 0 Å². The number of guanidine groups is 1. The molecule has 17 N–H and O–H groups in total. The van der Waals surface area contributed by atoms with Crippen molar-refractivity contribution in [2.45, 2.75) is 86.9 Å². The molecule has 6 atom stereocenters. The van der Waals surface area contributed by atoms with Gasteiger partial charge in [0.15, 0.2) is 5.96 Å². The Morgan fingerprint density at radius 2 is 1.10 bits per heavy atom. The van der Waals surface area contributed by atoms with Gasteiger partial charge < -0.3 is 69.3 Å². The van der Waals surface area contributed by atoms with Gasteiger partial charge in [0.1, 0.15) is 30.2 Å². The minimum absolute atomic E-state index is 0.0172. The molecule has 0 aliphatic rings. The number of hydrogen-bond acceptors (Lipinski definition) is 14. The van der Waals surface area contributed by atoms with Crippen molar-refractivity contribution in [1.29, 1.82) is 5.41 Å². The minimum Gasteiger partial charge on any atom is -0.481 e. The molecule has 0 aliphatic heterocycles. The van der Waals surface area contributed by atoms with E-state index in [0.29, 0.717) is 0 Å². The molecule has 4 amide bonds. The summed E-state index contributed by atoms with van der Waals surface area (Å²) in [5.74, 6) is -13.4. The summed E-state index contributed by atoms with van der Waals surface area (Å²) in [5, 5.41) is 64.4. The summed E-state index contributed by atoms with van der Waals surface area (Å²) in [6.45, 7) is 2.99. The van der Waals surface area contributed by atoms with Gasteiger partial charge in [-0.3, -0.25) is 43.8 Å². The summed E-state index contributed by atoms with van der Waals surface area (Å²) in [6, 6.07) is -10.2. The summed E-state index contributed by atoms with van der Waals surface area (Å²) >= 11 is 0. The second kappa shape index (κ2) is 22.0. The fourth-order valence-electron chi connectivity index (χ4n) is 3.72. The molecule has 0 aromatic carbocycles. The first-order valence-electron chi connectivity index (χ1n) is 14.7. The second-order valence-electron chi connectivity index (χ2n) is 11.3. The Hall–Kier alpha value is -4.88. The molecule has 6 unspecified atom stereocenters. The number of carboxylic acid groups (broad SMARTS) is 5. The molecule has 25 heteroatoms. The zero-order chi connectivity index (χ0) is 39.6. The van der Waals surface area contributed by atoms with E-state index in [-0.39, 0.29) is 25.1 Å². The number of carbonyl (C=O) groups excluding carboxylic acids is 4. The van der Waals surface area contributed by atoms with Gasteiger partial charge in [0.25, 0.3) is 0 Å². The average Bonchev–Trinajstić information content (AvgIpc) is 2.99. The van der Waals surface area contributed by atoms with Gasteiger partial charge in [-0.2, -0.15) is 0 Å². The lowest BCUT2D eigenvalue weighted by Crippen LogP contribution is -2.59. The molecule has 0 rings (SSSR count). The fraction of sp³-hybridized carbons (Fsp3) is 0.615. The molecular formula is C26H43N9O14S2. The predicted molar refractivity (Wildman–Crippen MR) is 179 cm³/mol. The summed E-state index contributed by atoms with van der Waals surface area (Å²) in [4.78, 5) is 109. The Kier molecular flexibility index (Phi) is 19.9. The molecule has 51 heavy (non-hydrogen) atoms. The molecule has 0 aromatic heterocycles. The zero-order valence-electron chi connectivity index (χ0n) is 27.4. The van der Waals surface area contributed by atoms with Crippen molar-refractivity contribution in [3.63, 3.8) is 0 Å². The van der Waals surface area contributed by atoms with E-state index in [4.69, 9.17) is 32.8 Å². The van der Waals surface area contributed by atoms with Crippen LogP contribution >= 0.6 is 21.6 Å². The van der Waals surface area contributed by atoms with E-state index in [0.717, 1.165) is 21.6 Å². The van der Waals surface area contributed by atoms with Gasteiger partial charge in [-0.1, -0.05) is 21.6 Å². The van der Waals surface area contributed by atoms with Crippen molar-refractivity contribution in [3.8, 4) is 0 Å². The van der Waals surface area contributed by atoms with E-state index in [2.05, 4.69) is 21.3 Å². The third-order valence-corrected chi connectivity index (χ3v) is 9.83.